The van der Waals surface area contributed by atoms with Crippen LogP contribution in [0.4, 0.5) is 5.95 Å². The molecule has 0 spiro atoms. The number of H-pyrrole nitrogens is 1. The summed E-state index contributed by atoms with van der Waals surface area (Å²) in [5.74, 6) is -1.05. The molecular weight excluding hydrogens is 194 g/mol. The summed E-state index contributed by atoms with van der Waals surface area (Å²) in [5, 5.41) is 8.86. The lowest BCUT2D eigenvalue weighted by Gasteiger charge is -2.05. The normalized spacial score (nSPS) is 12.9. The van der Waals surface area contributed by atoms with Gasteiger partial charge in [-0.1, -0.05) is 6.07 Å². The number of aliphatic carboxylic acids is 1. The number of nitrogens with zero attached hydrogens (tertiary/aromatic N) is 1. The number of carboxylic acids is 1. The van der Waals surface area contributed by atoms with Gasteiger partial charge < -0.3 is 15.8 Å². The highest BCUT2D eigenvalue weighted by molar-refractivity contribution is 5.81. The maximum atomic E-state index is 10.8. The molecule has 15 heavy (non-hydrogen) atoms. The van der Waals surface area contributed by atoms with Crippen LogP contribution in [0, 0.1) is 0 Å². The van der Waals surface area contributed by atoms with Crippen LogP contribution in [0.3, 0.4) is 0 Å². The van der Waals surface area contributed by atoms with E-state index in [1.54, 1.807) is 25.1 Å². The Labute approximate surface area is 85.9 Å². The number of aromatic amines is 1. The SMILES string of the molecule is CC(C(=O)O)c1ccc2[nH]c(N)nc2c1. The third-order valence-corrected chi connectivity index (χ3v) is 2.40. The number of aromatic nitrogens is 2. The first-order valence-electron chi connectivity index (χ1n) is 4.56. The summed E-state index contributed by atoms with van der Waals surface area (Å²) < 4.78 is 0. The lowest BCUT2D eigenvalue weighted by molar-refractivity contribution is -0.138. The zero-order chi connectivity index (χ0) is 11.0. The molecule has 1 unspecified atom stereocenters. The van der Waals surface area contributed by atoms with Crippen molar-refractivity contribution in [1.29, 1.82) is 0 Å². The number of carbonyl (C=O) groups is 1. The van der Waals surface area contributed by atoms with Gasteiger partial charge in [0.15, 0.2) is 5.95 Å². The molecule has 5 nitrogen and oxygen atoms in total. The summed E-state index contributed by atoms with van der Waals surface area (Å²) in [5.41, 5.74) is 7.72. The topological polar surface area (TPSA) is 92.0 Å². The first-order valence-corrected chi connectivity index (χ1v) is 4.56. The average molecular weight is 205 g/mol. The van der Waals surface area contributed by atoms with Crippen LogP contribution in [-0.4, -0.2) is 21.0 Å². The number of nitrogens with two attached hydrogens (primary N) is 1. The van der Waals surface area contributed by atoms with E-state index < -0.39 is 11.9 Å². The quantitative estimate of drug-likeness (QED) is 0.689. The molecule has 78 valence electrons. The third-order valence-electron chi connectivity index (χ3n) is 2.40. The number of fused-ring (bicyclic) bond motifs is 1. The molecule has 0 saturated carbocycles. The summed E-state index contributed by atoms with van der Waals surface area (Å²) in [6.07, 6.45) is 0. The Balaban J connectivity index is 2.50. The minimum absolute atomic E-state index is 0.338. The van der Waals surface area contributed by atoms with Crippen LogP contribution >= 0.6 is 0 Å². The minimum Gasteiger partial charge on any atom is -0.481 e. The highest BCUT2D eigenvalue weighted by Gasteiger charge is 2.14. The Kier molecular flexibility index (Phi) is 2.07. The zero-order valence-corrected chi connectivity index (χ0v) is 8.19. The number of hydrogen-bond donors (Lipinski definition) is 3. The molecule has 0 bridgehead atoms. The number of imidazole rings is 1. The summed E-state index contributed by atoms with van der Waals surface area (Å²) in [6.45, 7) is 1.64. The van der Waals surface area contributed by atoms with Gasteiger partial charge in [-0.25, -0.2) is 4.98 Å². The number of anilines is 1. The fraction of sp³-hybridized carbons (Fsp3) is 0.200. The van der Waals surface area contributed by atoms with Gasteiger partial charge in [0.1, 0.15) is 0 Å². The lowest BCUT2D eigenvalue weighted by Crippen LogP contribution is -2.06. The van der Waals surface area contributed by atoms with E-state index in [1.165, 1.54) is 0 Å². The molecule has 0 aliphatic heterocycles. The number of nitrogen functional groups attached to an aromatic ring is 1. The highest BCUT2D eigenvalue weighted by Crippen LogP contribution is 2.20. The van der Waals surface area contributed by atoms with Gasteiger partial charge in [-0.05, 0) is 24.6 Å². The molecule has 0 aliphatic rings. The number of carboxylic acid groups (broad SMARTS) is 1. The fourth-order valence-electron chi connectivity index (χ4n) is 1.45. The number of rotatable bonds is 2. The average Bonchev–Trinajstić information content (AvgIpc) is 2.55. The molecule has 0 aliphatic carbocycles. The van der Waals surface area contributed by atoms with E-state index in [0.717, 1.165) is 11.1 Å². The monoisotopic (exact) mass is 205 g/mol. The van der Waals surface area contributed by atoms with Gasteiger partial charge >= 0.3 is 5.97 Å². The maximum absolute atomic E-state index is 10.8. The van der Waals surface area contributed by atoms with Gasteiger partial charge in [0.2, 0.25) is 0 Å². The van der Waals surface area contributed by atoms with Gasteiger partial charge in [-0.3, -0.25) is 4.79 Å². The van der Waals surface area contributed by atoms with E-state index >= 15 is 0 Å². The van der Waals surface area contributed by atoms with E-state index in [4.69, 9.17) is 10.8 Å². The first kappa shape index (κ1) is 9.51. The molecule has 4 N–H and O–H groups in total. The van der Waals surface area contributed by atoms with Crippen molar-refractivity contribution in [1.82, 2.24) is 9.97 Å². The molecule has 2 aromatic rings. The van der Waals surface area contributed by atoms with E-state index in [-0.39, 0.29) is 0 Å². The summed E-state index contributed by atoms with van der Waals surface area (Å²) in [6, 6.07) is 5.28. The molecular formula is C10H11N3O2. The highest BCUT2D eigenvalue weighted by atomic mass is 16.4. The molecule has 1 atom stereocenters. The van der Waals surface area contributed by atoms with Gasteiger partial charge in [0, 0.05) is 0 Å². The van der Waals surface area contributed by atoms with Crippen LogP contribution in [0.2, 0.25) is 0 Å². The smallest absolute Gasteiger partial charge is 0.310 e. The van der Waals surface area contributed by atoms with Gasteiger partial charge in [-0.2, -0.15) is 0 Å². The van der Waals surface area contributed by atoms with Crippen molar-refractivity contribution in [3.63, 3.8) is 0 Å². The second-order valence-electron chi connectivity index (χ2n) is 3.46. The second kappa shape index (κ2) is 3.27. The van der Waals surface area contributed by atoms with Crippen molar-refractivity contribution in [2.75, 3.05) is 5.73 Å². The molecule has 1 aromatic heterocycles. The predicted octanol–water partition coefficient (Wildman–Crippen LogP) is 1.33. The van der Waals surface area contributed by atoms with Crippen LogP contribution in [0.25, 0.3) is 11.0 Å². The molecule has 1 aromatic carbocycles. The number of benzene rings is 1. The standard InChI is InChI=1S/C10H11N3O2/c1-5(9(14)15)6-2-3-7-8(4-6)13-10(11)12-7/h2-5H,1H3,(H,14,15)(H3,11,12,13). The summed E-state index contributed by atoms with van der Waals surface area (Å²) in [4.78, 5) is 17.7. The number of nitrogens with one attached hydrogen (secondary N) is 1. The third kappa shape index (κ3) is 1.63. The molecule has 0 fully saturated rings. The Morgan fingerprint density at radius 1 is 1.60 bits per heavy atom. The van der Waals surface area contributed by atoms with E-state index in [1.807, 2.05) is 0 Å². The largest absolute Gasteiger partial charge is 0.481 e. The molecule has 0 radical (unpaired) electrons. The molecule has 0 amide bonds. The molecule has 2 rings (SSSR count). The van der Waals surface area contributed by atoms with E-state index in [0.29, 0.717) is 11.5 Å². The van der Waals surface area contributed by atoms with Crippen LogP contribution in [-0.2, 0) is 4.79 Å². The van der Waals surface area contributed by atoms with Crippen molar-refractivity contribution in [3.8, 4) is 0 Å². The van der Waals surface area contributed by atoms with Crippen molar-refractivity contribution < 1.29 is 9.90 Å². The van der Waals surface area contributed by atoms with Crippen LogP contribution < -0.4 is 5.73 Å². The summed E-state index contributed by atoms with van der Waals surface area (Å²) in [7, 11) is 0. The zero-order valence-electron chi connectivity index (χ0n) is 8.19. The van der Waals surface area contributed by atoms with Crippen molar-refractivity contribution in [3.05, 3.63) is 23.8 Å². The van der Waals surface area contributed by atoms with Gasteiger partial charge in [0.25, 0.3) is 0 Å². The summed E-state index contributed by atoms with van der Waals surface area (Å²) >= 11 is 0. The van der Waals surface area contributed by atoms with E-state index in [9.17, 15) is 4.79 Å². The molecule has 0 saturated heterocycles. The van der Waals surface area contributed by atoms with Crippen LogP contribution in [0.1, 0.15) is 18.4 Å². The van der Waals surface area contributed by atoms with E-state index in [2.05, 4.69) is 9.97 Å². The van der Waals surface area contributed by atoms with Gasteiger partial charge in [0.05, 0.1) is 17.0 Å². The fourth-order valence-corrected chi connectivity index (χ4v) is 1.45. The number of hydrogen-bond acceptors (Lipinski definition) is 3. The Hall–Kier alpha value is -2.04. The maximum Gasteiger partial charge on any atom is 0.310 e. The molecule has 5 heteroatoms. The first-order chi connectivity index (χ1) is 7.08. The van der Waals surface area contributed by atoms with Crippen LogP contribution in [0.5, 0.6) is 0 Å². The Morgan fingerprint density at radius 3 is 3.00 bits per heavy atom. The minimum atomic E-state index is -0.849. The Morgan fingerprint density at radius 2 is 2.33 bits per heavy atom. The van der Waals surface area contributed by atoms with Gasteiger partial charge in [-0.15, -0.1) is 0 Å². The molecule has 1 heterocycles. The predicted molar refractivity (Wildman–Crippen MR) is 56.6 cm³/mol. The van der Waals surface area contributed by atoms with Crippen LogP contribution in [0.15, 0.2) is 18.2 Å². The second-order valence-corrected chi connectivity index (χ2v) is 3.46. The lowest BCUT2D eigenvalue weighted by atomic mass is 10.0. The Bertz CT molecular complexity index is 518. The van der Waals surface area contributed by atoms with Crippen molar-refractivity contribution in [2.45, 2.75) is 12.8 Å². The van der Waals surface area contributed by atoms with Crippen molar-refractivity contribution in [2.24, 2.45) is 0 Å². The van der Waals surface area contributed by atoms with Crippen molar-refractivity contribution >= 4 is 23.0 Å².